The SMILES string of the molecule is COCC(COC1CCN(C2CCN(c3ncc(C(F)(F)F)cn3)CC2)C1=O)OC(N)=O. The molecule has 13 heteroatoms. The molecule has 3 heterocycles. The minimum atomic E-state index is -4.48. The summed E-state index contributed by atoms with van der Waals surface area (Å²) in [6.07, 6.45) is -3.42. The Hall–Kier alpha value is -2.67. The van der Waals surface area contributed by atoms with Crippen molar-refractivity contribution in [3.05, 3.63) is 18.0 Å². The Morgan fingerprint density at radius 2 is 1.84 bits per heavy atom. The van der Waals surface area contributed by atoms with Gasteiger partial charge in [-0.1, -0.05) is 0 Å². The molecule has 2 fully saturated rings. The second-order valence-electron chi connectivity index (χ2n) is 7.64. The van der Waals surface area contributed by atoms with E-state index in [9.17, 15) is 22.8 Å². The van der Waals surface area contributed by atoms with Crippen LogP contribution in [-0.4, -0.2) is 85.1 Å². The zero-order valence-electron chi connectivity index (χ0n) is 17.6. The van der Waals surface area contributed by atoms with Crippen LogP contribution in [0.25, 0.3) is 0 Å². The quantitative estimate of drug-likeness (QED) is 0.613. The van der Waals surface area contributed by atoms with Crippen LogP contribution in [0.5, 0.6) is 0 Å². The van der Waals surface area contributed by atoms with Crippen LogP contribution in [0.15, 0.2) is 12.4 Å². The number of methoxy groups -OCH3 is 1. The summed E-state index contributed by atoms with van der Waals surface area (Å²) in [5.41, 5.74) is 4.13. The summed E-state index contributed by atoms with van der Waals surface area (Å²) < 4.78 is 53.5. The van der Waals surface area contributed by atoms with E-state index in [2.05, 4.69) is 9.97 Å². The number of likely N-dealkylation sites (tertiary alicyclic amines) is 1. The summed E-state index contributed by atoms with van der Waals surface area (Å²) in [5.74, 6) is 0.105. The van der Waals surface area contributed by atoms with E-state index in [1.54, 1.807) is 4.90 Å². The third-order valence-corrected chi connectivity index (χ3v) is 5.46. The fourth-order valence-electron chi connectivity index (χ4n) is 3.89. The lowest BCUT2D eigenvalue weighted by Gasteiger charge is -2.36. The molecule has 2 atom stereocenters. The van der Waals surface area contributed by atoms with Crippen LogP contribution in [0.3, 0.4) is 0 Å². The molecular weight excluding hydrogens is 435 g/mol. The number of hydrogen-bond acceptors (Lipinski definition) is 8. The van der Waals surface area contributed by atoms with E-state index in [1.165, 1.54) is 7.11 Å². The Morgan fingerprint density at radius 3 is 2.41 bits per heavy atom. The molecule has 0 saturated carbocycles. The van der Waals surface area contributed by atoms with E-state index in [1.807, 2.05) is 4.90 Å². The number of alkyl halides is 3. The Labute approximate surface area is 182 Å². The number of nitrogens with two attached hydrogens (primary N) is 1. The van der Waals surface area contributed by atoms with E-state index >= 15 is 0 Å². The van der Waals surface area contributed by atoms with Crippen LogP contribution >= 0.6 is 0 Å². The number of piperidine rings is 1. The van der Waals surface area contributed by atoms with Crippen molar-refractivity contribution in [2.45, 2.75) is 43.7 Å². The first-order valence-electron chi connectivity index (χ1n) is 10.2. The molecule has 2 aliphatic rings. The highest BCUT2D eigenvalue weighted by Crippen LogP contribution is 2.29. The molecule has 0 aliphatic carbocycles. The highest BCUT2D eigenvalue weighted by molar-refractivity contribution is 5.83. The molecule has 1 aromatic heterocycles. The molecule has 178 valence electrons. The summed E-state index contributed by atoms with van der Waals surface area (Å²) >= 11 is 0. The van der Waals surface area contributed by atoms with E-state index in [0.29, 0.717) is 38.9 Å². The van der Waals surface area contributed by atoms with Gasteiger partial charge in [-0.3, -0.25) is 4.79 Å². The molecule has 2 amide bonds. The fourth-order valence-corrected chi connectivity index (χ4v) is 3.89. The van der Waals surface area contributed by atoms with Crippen LogP contribution in [0, 0.1) is 0 Å². The Kier molecular flexibility index (Phi) is 7.72. The predicted octanol–water partition coefficient (Wildman–Crippen LogP) is 1.19. The molecule has 3 rings (SSSR count). The van der Waals surface area contributed by atoms with Gasteiger partial charge in [-0.25, -0.2) is 14.8 Å². The molecule has 0 bridgehead atoms. The second kappa shape index (κ2) is 10.3. The molecule has 2 unspecified atom stereocenters. The van der Waals surface area contributed by atoms with E-state index in [-0.39, 0.29) is 31.1 Å². The van der Waals surface area contributed by atoms with Crippen molar-refractivity contribution < 1.29 is 37.0 Å². The van der Waals surface area contributed by atoms with Crippen LogP contribution < -0.4 is 10.6 Å². The number of aromatic nitrogens is 2. The smallest absolute Gasteiger partial charge is 0.419 e. The van der Waals surface area contributed by atoms with E-state index < -0.39 is 30.0 Å². The van der Waals surface area contributed by atoms with E-state index in [4.69, 9.17) is 19.9 Å². The van der Waals surface area contributed by atoms with E-state index in [0.717, 1.165) is 12.4 Å². The van der Waals surface area contributed by atoms with Gasteiger partial charge >= 0.3 is 12.3 Å². The van der Waals surface area contributed by atoms with Gasteiger partial charge in [0.2, 0.25) is 5.95 Å². The van der Waals surface area contributed by atoms with Gasteiger partial charge in [-0.05, 0) is 12.8 Å². The van der Waals surface area contributed by atoms with Gasteiger partial charge in [-0.2, -0.15) is 13.2 Å². The number of hydrogen-bond donors (Lipinski definition) is 1. The lowest BCUT2D eigenvalue weighted by atomic mass is 10.0. The summed E-state index contributed by atoms with van der Waals surface area (Å²) in [5, 5.41) is 0. The molecule has 1 aromatic rings. The van der Waals surface area contributed by atoms with Gasteiger partial charge in [-0.15, -0.1) is 0 Å². The summed E-state index contributed by atoms with van der Waals surface area (Å²) in [6, 6.07) is -0.00144. The maximum Gasteiger partial charge on any atom is 0.419 e. The third-order valence-electron chi connectivity index (χ3n) is 5.46. The molecule has 10 nitrogen and oxygen atoms in total. The molecular formula is C19H26F3N5O5. The average Bonchev–Trinajstić information content (AvgIpc) is 3.12. The lowest BCUT2D eigenvalue weighted by molar-refractivity contribution is -0.141. The maximum atomic E-state index is 12.8. The van der Waals surface area contributed by atoms with Crippen LogP contribution in [0.1, 0.15) is 24.8 Å². The summed E-state index contributed by atoms with van der Waals surface area (Å²) in [4.78, 5) is 35.0. The highest BCUT2D eigenvalue weighted by Gasteiger charge is 2.38. The normalized spacial score (nSPS) is 21.1. The Balaban J connectivity index is 1.48. The number of primary amides is 1. The van der Waals surface area contributed by atoms with Gasteiger partial charge in [0, 0.05) is 51.6 Å². The first-order valence-corrected chi connectivity index (χ1v) is 10.2. The van der Waals surface area contributed by atoms with Crippen molar-refractivity contribution in [1.82, 2.24) is 14.9 Å². The largest absolute Gasteiger partial charge is 0.441 e. The monoisotopic (exact) mass is 461 g/mol. The summed E-state index contributed by atoms with van der Waals surface area (Å²) in [7, 11) is 1.45. The molecule has 2 aliphatic heterocycles. The number of ether oxygens (including phenoxy) is 3. The first kappa shape index (κ1) is 24.0. The second-order valence-corrected chi connectivity index (χ2v) is 7.64. The Bertz CT molecular complexity index is 787. The Morgan fingerprint density at radius 1 is 1.19 bits per heavy atom. The maximum absolute atomic E-state index is 12.8. The van der Waals surface area contributed by atoms with Gasteiger partial charge in [0.1, 0.15) is 6.10 Å². The van der Waals surface area contributed by atoms with Gasteiger partial charge in [0.25, 0.3) is 5.91 Å². The standard InChI is InChI=1S/C19H26F3N5O5/c1-30-10-14(32-17(23)29)11-31-15-4-7-27(16(15)28)13-2-5-26(6-3-13)18-24-8-12(9-25-18)19(20,21)22/h8-9,13-15H,2-7,10-11H2,1H3,(H2,23,29). The van der Waals surface area contributed by atoms with Crippen molar-refractivity contribution in [2.24, 2.45) is 5.73 Å². The molecule has 2 saturated heterocycles. The molecule has 32 heavy (non-hydrogen) atoms. The molecule has 0 radical (unpaired) electrons. The molecule has 0 aromatic carbocycles. The number of carbonyl (C=O) groups is 2. The first-order chi connectivity index (χ1) is 15.2. The van der Waals surface area contributed by atoms with Crippen molar-refractivity contribution in [1.29, 1.82) is 0 Å². The van der Waals surface area contributed by atoms with Gasteiger partial charge in [0.05, 0.1) is 18.8 Å². The number of halogens is 3. The van der Waals surface area contributed by atoms with Crippen LogP contribution in [-0.2, 0) is 25.2 Å². The third kappa shape index (κ3) is 5.97. The minimum absolute atomic E-state index is 0.00144. The number of rotatable bonds is 8. The summed E-state index contributed by atoms with van der Waals surface area (Å²) in [6.45, 7) is 1.67. The number of carbonyl (C=O) groups excluding carboxylic acids is 2. The minimum Gasteiger partial charge on any atom is -0.441 e. The van der Waals surface area contributed by atoms with Crippen molar-refractivity contribution >= 4 is 17.9 Å². The number of amides is 2. The number of nitrogens with zero attached hydrogens (tertiary/aromatic N) is 4. The lowest BCUT2D eigenvalue weighted by Crippen LogP contribution is -2.47. The van der Waals surface area contributed by atoms with Crippen molar-refractivity contribution in [3.8, 4) is 0 Å². The van der Waals surface area contributed by atoms with Crippen LogP contribution in [0.2, 0.25) is 0 Å². The topological polar surface area (TPSA) is 120 Å². The van der Waals surface area contributed by atoms with Gasteiger partial charge in [0.15, 0.2) is 6.10 Å². The van der Waals surface area contributed by atoms with Gasteiger partial charge < -0.3 is 29.7 Å². The predicted molar refractivity (Wildman–Crippen MR) is 105 cm³/mol. The highest BCUT2D eigenvalue weighted by atomic mass is 19.4. The van der Waals surface area contributed by atoms with Crippen molar-refractivity contribution in [3.63, 3.8) is 0 Å². The zero-order valence-corrected chi connectivity index (χ0v) is 17.6. The zero-order chi connectivity index (χ0) is 23.3. The average molecular weight is 461 g/mol. The fraction of sp³-hybridized carbons (Fsp3) is 0.684. The molecule has 2 N–H and O–H groups in total. The van der Waals surface area contributed by atoms with Crippen molar-refractivity contribution in [2.75, 3.05) is 44.9 Å². The number of anilines is 1. The molecule has 0 spiro atoms. The van der Waals surface area contributed by atoms with Crippen LogP contribution in [0.4, 0.5) is 23.9 Å².